The van der Waals surface area contributed by atoms with Crippen molar-refractivity contribution in [2.24, 2.45) is 0 Å². The lowest BCUT2D eigenvalue weighted by Gasteiger charge is -2.36. The summed E-state index contributed by atoms with van der Waals surface area (Å²) >= 11 is 1.87. The predicted molar refractivity (Wildman–Crippen MR) is 80.3 cm³/mol. The van der Waals surface area contributed by atoms with Crippen molar-refractivity contribution in [2.75, 3.05) is 23.7 Å². The van der Waals surface area contributed by atoms with Gasteiger partial charge in [0.1, 0.15) is 0 Å². The number of carboxylic acid groups (broad SMARTS) is 1. The maximum Gasteiger partial charge on any atom is 0.305 e. The van der Waals surface area contributed by atoms with Crippen LogP contribution in [-0.2, 0) is 10.2 Å². The molecule has 0 atom stereocenters. The van der Waals surface area contributed by atoms with Gasteiger partial charge in [-0.15, -0.1) is 11.8 Å². The molecule has 2 rings (SSSR count). The maximum absolute atomic E-state index is 10.8. The highest BCUT2D eigenvalue weighted by Gasteiger charge is 2.26. The molecule has 0 amide bonds. The highest BCUT2D eigenvalue weighted by Crippen LogP contribution is 2.41. The molecule has 0 spiro atoms. The Labute approximate surface area is 119 Å². The summed E-state index contributed by atoms with van der Waals surface area (Å²) in [6, 6.07) is 6.41. The third-order valence-corrected chi connectivity index (χ3v) is 4.36. The van der Waals surface area contributed by atoms with Crippen LogP contribution in [0.3, 0.4) is 0 Å². The van der Waals surface area contributed by atoms with Crippen molar-refractivity contribution in [1.29, 1.82) is 0 Å². The Hall–Kier alpha value is -1.16. The van der Waals surface area contributed by atoms with Crippen LogP contribution in [0.2, 0.25) is 0 Å². The van der Waals surface area contributed by atoms with Crippen molar-refractivity contribution in [3.8, 4) is 0 Å². The Kier molecular flexibility index (Phi) is 4.09. The molecule has 3 nitrogen and oxygen atoms in total. The number of benzene rings is 1. The monoisotopic (exact) mass is 279 g/mol. The van der Waals surface area contributed by atoms with Crippen molar-refractivity contribution >= 4 is 23.4 Å². The Morgan fingerprint density at radius 1 is 1.42 bits per heavy atom. The van der Waals surface area contributed by atoms with Crippen LogP contribution in [-0.4, -0.2) is 29.9 Å². The van der Waals surface area contributed by atoms with Crippen LogP contribution in [0.15, 0.2) is 23.1 Å². The van der Waals surface area contributed by atoms with Crippen molar-refractivity contribution in [3.05, 3.63) is 23.8 Å². The van der Waals surface area contributed by atoms with Gasteiger partial charge in [0.2, 0.25) is 0 Å². The number of anilines is 1. The number of hydrogen-bond acceptors (Lipinski definition) is 3. The summed E-state index contributed by atoms with van der Waals surface area (Å²) < 4.78 is 0. The Morgan fingerprint density at radius 3 is 2.79 bits per heavy atom. The van der Waals surface area contributed by atoms with Gasteiger partial charge >= 0.3 is 5.97 Å². The zero-order valence-electron chi connectivity index (χ0n) is 11.8. The fourth-order valence-corrected chi connectivity index (χ4v) is 3.48. The van der Waals surface area contributed by atoms with Gasteiger partial charge in [0.25, 0.3) is 0 Å². The Balaban J connectivity index is 2.37. The summed E-state index contributed by atoms with van der Waals surface area (Å²) in [5, 5.41) is 8.89. The van der Waals surface area contributed by atoms with E-state index in [2.05, 4.69) is 43.9 Å². The molecule has 0 bridgehead atoms. The second-order valence-corrected chi connectivity index (χ2v) is 7.02. The number of thioether (sulfide) groups is 1. The van der Waals surface area contributed by atoms with Crippen LogP contribution in [0.1, 0.15) is 32.8 Å². The van der Waals surface area contributed by atoms with Gasteiger partial charge in [0, 0.05) is 23.7 Å². The number of carboxylic acids is 1. The summed E-state index contributed by atoms with van der Waals surface area (Å²) in [5.74, 6) is 0.299. The molecule has 4 heteroatoms. The molecule has 0 saturated carbocycles. The second kappa shape index (κ2) is 5.45. The van der Waals surface area contributed by atoms with Crippen LogP contribution in [0.5, 0.6) is 0 Å². The summed E-state index contributed by atoms with van der Waals surface area (Å²) in [7, 11) is 0. The summed E-state index contributed by atoms with van der Waals surface area (Å²) in [4.78, 5) is 14.3. The highest BCUT2D eigenvalue weighted by atomic mass is 32.2. The molecule has 1 aliphatic rings. The van der Waals surface area contributed by atoms with E-state index in [1.807, 2.05) is 11.8 Å². The maximum atomic E-state index is 10.8. The average molecular weight is 279 g/mol. The van der Waals surface area contributed by atoms with E-state index in [0.29, 0.717) is 6.54 Å². The molecule has 1 aromatic carbocycles. The Bertz CT molecular complexity index is 480. The lowest BCUT2D eigenvalue weighted by molar-refractivity contribution is -0.136. The van der Waals surface area contributed by atoms with Crippen LogP contribution in [0.25, 0.3) is 0 Å². The van der Waals surface area contributed by atoms with Gasteiger partial charge in [-0.3, -0.25) is 4.79 Å². The van der Waals surface area contributed by atoms with Crippen LogP contribution >= 0.6 is 11.8 Å². The van der Waals surface area contributed by atoms with E-state index in [0.717, 1.165) is 12.3 Å². The quantitative estimate of drug-likeness (QED) is 0.921. The van der Waals surface area contributed by atoms with Crippen molar-refractivity contribution < 1.29 is 9.90 Å². The number of hydrogen-bond donors (Lipinski definition) is 1. The molecule has 1 aromatic rings. The minimum atomic E-state index is -0.729. The number of fused-ring (bicyclic) bond motifs is 1. The smallest absolute Gasteiger partial charge is 0.305 e. The number of aliphatic carboxylic acids is 1. The third kappa shape index (κ3) is 3.24. The molecule has 0 unspecified atom stereocenters. The first-order chi connectivity index (χ1) is 8.89. The zero-order chi connectivity index (χ0) is 14.0. The van der Waals surface area contributed by atoms with Gasteiger partial charge in [-0.05, 0) is 17.0 Å². The fourth-order valence-electron chi connectivity index (χ4n) is 2.40. The average Bonchev–Trinajstić information content (AvgIpc) is 2.34. The molecule has 0 fully saturated rings. The number of carbonyl (C=O) groups is 1. The van der Waals surface area contributed by atoms with E-state index in [1.54, 1.807) is 0 Å². The van der Waals surface area contributed by atoms with E-state index in [9.17, 15) is 4.79 Å². The summed E-state index contributed by atoms with van der Waals surface area (Å²) in [6.45, 7) is 8.14. The van der Waals surface area contributed by atoms with Crippen LogP contribution in [0, 0.1) is 0 Å². The van der Waals surface area contributed by atoms with Gasteiger partial charge < -0.3 is 10.0 Å². The molecule has 0 saturated heterocycles. The minimum Gasteiger partial charge on any atom is -0.481 e. The molecule has 0 aliphatic carbocycles. The summed E-state index contributed by atoms with van der Waals surface area (Å²) in [5.41, 5.74) is 2.63. The van der Waals surface area contributed by atoms with Gasteiger partial charge in [-0.2, -0.15) is 0 Å². The first kappa shape index (κ1) is 14.3. The van der Waals surface area contributed by atoms with E-state index in [-0.39, 0.29) is 11.8 Å². The van der Waals surface area contributed by atoms with E-state index in [1.165, 1.54) is 16.1 Å². The standard InChI is InChI=1S/C15H21NO2S/c1-15(2,3)11-5-4-6-12-14(11)16(9-10-19-12)8-7-13(17)18/h4-6H,7-10H2,1-3H3,(H,17,18). The van der Waals surface area contributed by atoms with E-state index >= 15 is 0 Å². The zero-order valence-corrected chi connectivity index (χ0v) is 12.6. The van der Waals surface area contributed by atoms with Crippen molar-refractivity contribution in [3.63, 3.8) is 0 Å². The molecule has 1 heterocycles. The van der Waals surface area contributed by atoms with Gasteiger partial charge in [0.15, 0.2) is 0 Å². The van der Waals surface area contributed by atoms with Gasteiger partial charge in [-0.1, -0.05) is 32.9 Å². The Morgan fingerprint density at radius 2 is 2.16 bits per heavy atom. The van der Waals surface area contributed by atoms with E-state index in [4.69, 9.17) is 5.11 Å². The molecular formula is C15H21NO2S. The van der Waals surface area contributed by atoms with Crippen LogP contribution < -0.4 is 4.90 Å². The van der Waals surface area contributed by atoms with Crippen LogP contribution in [0.4, 0.5) is 5.69 Å². The van der Waals surface area contributed by atoms with Crippen molar-refractivity contribution in [2.45, 2.75) is 37.5 Å². The fraction of sp³-hybridized carbons (Fsp3) is 0.533. The minimum absolute atomic E-state index is 0.0741. The SMILES string of the molecule is CC(C)(C)c1cccc2c1N(CCC(=O)O)CCS2. The number of rotatable bonds is 3. The molecule has 0 radical (unpaired) electrons. The molecule has 19 heavy (non-hydrogen) atoms. The lowest BCUT2D eigenvalue weighted by atomic mass is 9.85. The summed E-state index contributed by atoms with van der Waals surface area (Å²) in [6.07, 6.45) is 0.197. The molecule has 1 N–H and O–H groups in total. The first-order valence-electron chi connectivity index (χ1n) is 6.62. The lowest BCUT2D eigenvalue weighted by Crippen LogP contribution is -2.33. The molecule has 104 valence electrons. The molecule has 0 aromatic heterocycles. The van der Waals surface area contributed by atoms with Gasteiger partial charge in [-0.25, -0.2) is 0 Å². The highest BCUT2D eigenvalue weighted by molar-refractivity contribution is 7.99. The number of nitrogens with zero attached hydrogens (tertiary/aromatic N) is 1. The second-order valence-electron chi connectivity index (χ2n) is 5.88. The van der Waals surface area contributed by atoms with Gasteiger partial charge in [0.05, 0.1) is 12.1 Å². The number of para-hydroxylation sites is 1. The first-order valence-corrected chi connectivity index (χ1v) is 7.61. The normalized spacial score (nSPS) is 15.2. The van der Waals surface area contributed by atoms with Crippen molar-refractivity contribution in [1.82, 2.24) is 0 Å². The molecular weight excluding hydrogens is 258 g/mol. The molecule has 1 aliphatic heterocycles. The van der Waals surface area contributed by atoms with E-state index < -0.39 is 5.97 Å². The third-order valence-electron chi connectivity index (χ3n) is 3.34. The largest absolute Gasteiger partial charge is 0.481 e. The topological polar surface area (TPSA) is 40.5 Å². The predicted octanol–water partition coefficient (Wildman–Crippen LogP) is 3.37.